The van der Waals surface area contributed by atoms with Crippen molar-refractivity contribution in [3.8, 4) is 0 Å². The molecule has 1 aliphatic rings. The number of nitrogens with one attached hydrogen (secondary N) is 1. The second-order valence-corrected chi connectivity index (χ2v) is 7.67. The van der Waals surface area contributed by atoms with Crippen molar-refractivity contribution in [3.05, 3.63) is 34.9 Å². The van der Waals surface area contributed by atoms with Crippen molar-refractivity contribution < 1.29 is 0 Å². The lowest BCUT2D eigenvalue weighted by molar-refractivity contribution is 0.0888. The minimum Gasteiger partial charge on any atom is -0.316 e. The van der Waals surface area contributed by atoms with Crippen LogP contribution in [0.3, 0.4) is 0 Å². The Kier molecular flexibility index (Phi) is 5.70. The third-order valence-corrected chi connectivity index (χ3v) is 5.18. The number of rotatable bonds is 5. The molecule has 2 unspecified atom stereocenters. The maximum Gasteiger partial charge on any atom is 0.0406 e. The van der Waals surface area contributed by atoms with Crippen LogP contribution in [0.25, 0.3) is 0 Å². The van der Waals surface area contributed by atoms with Gasteiger partial charge in [-0.3, -0.25) is 0 Å². The summed E-state index contributed by atoms with van der Waals surface area (Å²) in [4.78, 5) is 2.44. The molecule has 1 aromatic rings. The quantitative estimate of drug-likeness (QED) is 0.877. The summed E-state index contributed by atoms with van der Waals surface area (Å²) in [6, 6.07) is 8.81. The van der Waals surface area contributed by atoms with Gasteiger partial charge in [0.05, 0.1) is 0 Å². The van der Waals surface area contributed by atoms with Gasteiger partial charge < -0.3 is 10.2 Å². The highest BCUT2D eigenvalue weighted by Gasteiger charge is 2.38. The molecule has 0 heterocycles. The van der Waals surface area contributed by atoms with Crippen molar-refractivity contribution in [1.29, 1.82) is 0 Å². The smallest absolute Gasteiger partial charge is 0.0406 e. The van der Waals surface area contributed by atoms with E-state index in [1.165, 1.54) is 24.8 Å². The molecule has 0 spiro atoms. The molecular formula is C18H29ClN2. The van der Waals surface area contributed by atoms with Crippen LogP contribution in [0.4, 0.5) is 0 Å². The lowest BCUT2D eigenvalue weighted by Crippen LogP contribution is -2.51. The van der Waals surface area contributed by atoms with Crippen molar-refractivity contribution in [2.75, 3.05) is 20.6 Å². The average molecular weight is 309 g/mol. The zero-order valence-electron chi connectivity index (χ0n) is 13.8. The van der Waals surface area contributed by atoms with Gasteiger partial charge in [0.25, 0.3) is 0 Å². The summed E-state index contributed by atoms with van der Waals surface area (Å²) in [7, 11) is 4.34. The number of halogens is 1. The fourth-order valence-electron chi connectivity index (χ4n) is 3.97. The topological polar surface area (TPSA) is 15.3 Å². The molecule has 2 nitrogen and oxygen atoms in total. The van der Waals surface area contributed by atoms with Crippen LogP contribution in [-0.4, -0.2) is 31.6 Å². The van der Waals surface area contributed by atoms with E-state index in [-0.39, 0.29) is 0 Å². The number of hydrogen-bond acceptors (Lipinski definition) is 2. The monoisotopic (exact) mass is 308 g/mol. The first-order valence-corrected chi connectivity index (χ1v) is 8.40. The van der Waals surface area contributed by atoms with E-state index in [1.54, 1.807) is 0 Å². The predicted octanol–water partition coefficient (Wildman–Crippen LogP) is 4.19. The Morgan fingerprint density at radius 1 is 1.29 bits per heavy atom. The molecule has 3 heteroatoms. The summed E-state index contributed by atoms with van der Waals surface area (Å²) >= 11 is 5.95. The van der Waals surface area contributed by atoms with Crippen LogP contribution >= 0.6 is 11.6 Å². The Bertz CT molecular complexity index is 441. The molecule has 118 valence electrons. The molecule has 0 bridgehead atoms. The first kappa shape index (κ1) is 16.8. The predicted molar refractivity (Wildman–Crippen MR) is 91.8 cm³/mol. The third kappa shape index (κ3) is 4.45. The number of hydrogen-bond donors (Lipinski definition) is 1. The molecule has 1 fully saturated rings. The Morgan fingerprint density at radius 3 is 2.57 bits per heavy atom. The minimum atomic E-state index is 0.402. The molecule has 2 atom stereocenters. The largest absolute Gasteiger partial charge is 0.316 e. The fourth-order valence-corrected chi connectivity index (χ4v) is 4.10. The van der Waals surface area contributed by atoms with E-state index in [0.717, 1.165) is 24.0 Å². The summed E-state index contributed by atoms with van der Waals surface area (Å²) < 4.78 is 0. The van der Waals surface area contributed by atoms with E-state index in [4.69, 9.17) is 11.6 Å². The standard InChI is InChI=1S/C18H29ClN2/c1-18(2)11-5-6-15(17(18)20-3)13-21(4)12-14-7-9-16(19)10-8-14/h7-10,15,17,20H,5-6,11-13H2,1-4H3. The lowest BCUT2D eigenvalue weighted by Gasteiger charge is -2.45. The summed E-state index contributed by atoms with van der Waals surface area (Å²) in [5, 5.41) is 4.39. The molecule has 1 aliphatic carbocycles. The van der Waals surface area contributed by atoms with Gasteiger partial charge in [-0.1, -0.05) is 44.0 Å². The maximum atomic E-state index is 5.95. The normalized spacial score (nSPS) is 25.2. The molecular weight excluding hydrogens is 280 g/mol. The maximum absolute atomic E-state index is 5.95. The molecule has 0 saturated heterocycles. The highest BCUT2D eigenvalue weighted by molar-refractivity contribution is 6.30. The van der Waals surface area contributed by atoms with Crippen LogP contribution in [-0.2, 0) is 6.54 Å². The van der Waals surface area contributed by atoms with Gasteiger partial charge in [-0.15, -0.1) is 0 Å². The van der Waals surface area contributed by atoms with Crippen molar-refractivity contribution in [1.82, 2.24) is 10.2 Å². The fraction of sp³-hybridized carbons (Fsp3) is 0.667. The van der Waals surface area contributed by atoms with Crippen LogP contribution in [0.2, 0.25) is 5.02 Å². The van der Waals surface area contributed by atoms with Crippen molar-refractivity contribution in [3.63, 3.8) is 0 Å². The summed E-state index contributed by atoms with van der Waals surface area (Å²) in [6.07, 6.45) is 4.01. The van der Waals surface area contributed by atoms with Gasteiger partial charge in [-0.2, -0.15) is 0 Å². The highest BCUT2D eigenvalue weighted by Crippen LogP contribution is 2.39. The Hall–Kier alpha value is -0.570. The molecule has 0 radical (unpaired) electrons. The van der Waals surface area contributed by atoms with E-state index < -0.39 is 0 Å². The molecule has 0 amide bonds. The lowest BCUT2D eigenvalue weighted by atomic mass is 9.68. The van der Waals surface area contributed by atoms with Gasteiger partial charge in [-0.25, -0.2) is 0 Å². The van der Waals surface area contributed by atoms with E-state index in [9.17, 15) is 0 Å². The molecule has 1 saturated carbocycles. The average Bonchev–Trinajstić information content (AvgIpc) is 2.40. The molecule has 0 aliphatic heterocycles. The molecule has 1 aromatic carbocycles. The van der Waals surface area contributed by atoms with Crippen LogP contribution in [0.5, 0.6) is 0 Å². The van der Waals surface area contributed by atoms with E-state index in [1.807, 2.05) is 12.1 Å². The van der Waals surface area contributed by atoms with Gasteiger partial charge in [-0.05, 0) is 56.0 Å². The van der Waals surface area contributed by atoms with E-state index in [2.05, 4.69) is 50.3 Å². The zero-order valence-corrected chi connectivity index (χ0v) is 14.6. The summed E-state index contributed by atoms with van der Waals surface area (Å²) in [5.41, 5.74) is 1.73. The SMILES string of the molecule is CNC1C(CN(C)Cc2ccc(Cl)cc2)CCCC1(C)C. The van der Waals surface area contributed by atoms with E-state index >= 15 is 0 Å². The first-order valence-electron chi connectivity index (χ1n) is 8.02. The van der Waals surface area contributed by atoms with Crippen LogP contribution in [0.1, 0.15) is 38.7 Å². The van der Waals surface area contributed by atoms with Gasteiger partial charge in [0.1, 0.15) is 0 Å². The summed E-state index contributed by atoms with van der Waals surface area (Å²) in [5.74, 6) is 0.732. The van der Waals surface area contributed by atoms with Crippen LogP contribution in [0, 0.1) is 11.3 Å². The van der Waals surface area contributed by atoms with Crippen LogP contribution in [0.15, 0.2) is 24.3 Å². The Balaban J connectivity index is 1.94. The van der Waals surface area contributed by atoms with Gasteiger partial charge >= 0.3 is 0 Å². The van der Waals surface area contributed by atoms with Crippen LogP contribution < -0.4 is 5.32 Å². The Labute approximate surface area is 134 Å². The van der Waals surface area contributed by atoms with Gasteiger partial charge in [0.15, 0.2) is 0 Å². The number of nitrogens with zero attached hydrogens (tertiary/aromatic N) is 1. The second kappa shape index (κ2) is 7.13. The second-order valence-electron chi connectivity index (χ2n) is 7.23. The zero-order chi connectivity index (χ0) is 15.5. The first-order chi connectivity index (χ1) is 9.92. The molecule has 0 aromatic heterocycles. The molecule has 21 heavy (non-hydrogen) atoms. The van der Waals surface area contributed by atoms with Gasteiger partial charge in [0, 0.05) is 24.2 Å². The van der Waals surface area contributed by atoms with E-state index in [0.29, 0.717) is 11.5 Å². The molecule has 2 rings (SSSR count). The summed E-state index contributed by atoms with van der Waals surface area (Å²) in [6.45, 7) is 6.95. The highest BCUT2D eigenvalue weighted by atomic mass is 35.5. The molecule has 1 N–H and O–H groups in total. The minimum absolute atomic E-state index is 0.402. The third-order valence-electron chi connectivity index (χ3n) is 4.93. The number of benzene rings is 1. The van der Waals surface area contributed by atoms with Crippen molar-refractivity contribution in [2.45, 2.75) is 45.7 Å². The Morgan fingerprint density at radius 2 is 1.95 bits per heavy atom. The van der Waals surface area contributed by atoms with Crippen molar-refractivity contribution in [2.24, 2.45) is 11.3 Å². The van der Waals surface area contributed by atoms with Gasteiger partial charge in [0.2, 0.25) is 0 Å². The van der Waals surface area contributed by atoms with Crippen molar-refractivity contribution >= 4 is 11.6 Å².